The molecule has 0 saturated carbocycles. The zero-order valence-electron chi connectivity index (χ0n) is 17.6. The second-order valence-electron chi connectivity index (χ2n) is 7.24. The first-order chi connectivity index (χ1) is 15.2. The number of carbonyl (C=O) groups is 2. The van der Waals surface area contributed by atoms with E-state index in [1.165, 1.54) is 29.9 Å². The Balaban J connectivity index is 2.01. The van der Waals surface area contributed by atoms with Crippen molar-refractivity contribution >= 4 is 22.8 Å². The van der Waals surface area contributed by atoms with Gasteiger partial charge in [0.15, 0.2) is 12.4 Å². The molecule has 1 aromatic carbocycles. The quantitative estimate of drug-likeness (QED) is 0.482. The molecule has 3 aromatic rings. The van der Waals surface area contributed by atoms with Crippen LogP contribution in [0.25, 0.3) is 11.0 Å². The van der Waals surface area contributed by atoms with Gasteiger partial charge in [0.1, 0.15) is 22.6 Å². The Labute approximate surface area is 182 Å². The van der Waals surface area contributed by atoms with Gasteiger partial charge in [-0.05, 0) is 29.7 Å². The Bertz CT molecular complexity index is 1260. The number of amides is 2. The molecule has 2 heterocycles. The van der Waals surface area contributed by atoms with Gasteiger partial charge in [0.2, 0.25) is 0 Å². The zero-order valence-corrected chi connectivity index (χ0v) is 17.6. The monoisotopic (exact) mass is 442 g/mol. The second kappa shape index (κ2) is 9.46. The van der Waals surface area contributed by atoms with E-state index in [-0.39, 0.29) is 23.3 Å². The highest BCUT2D eigenvalue weighted by molar-refractivity contribution is 6.01. The molecule has 0 bridgehead atoms. The highest BCUT2D eigenvalue weighted by Crippen LogP contribution is 2.27. The van der Waals surface area contributed by atoms with E-state index in [0.717, 1.165) is 6.07 Å². The predicted octanol–water partition coefficient (Wildman–Crippen LogP) is 1.37. The number of aryl methyl sites for hydroxylation is 1. The molecule has 3 rings (SSSR count). The fourth-order valence-electron chi connectivity index (χ4n) is 3.24. The molecule has 0 saturated heterocycles. The van der Waals surface area contributed by atoms with Gasteiger partial charge in [-0.2, -0.15) is 0 Å². The van der Waals surface area contributed by atoms with Gasteiger partial charge in [0.05, 0.1) is 5.52 Å². The number of fused-ring (bicyclic) bond motifs is 1. The van der Waals surface area contributed by atoms with Crippen molar-refractivity contribution in [3.8, 4) is 11.5 Å². The van der Waals surface area contributed by atoms with Gasteiger partial charge in [0, 0.05) is 32.3 Å². The van der Waals surface area contributed by atoms with Crippen molar-refractivity contribution in [1.29, 1.82) is 0 Å². The van der Waals surface area contributed by atoms with E-state index in [1.807, 2.05) is 6.92 Å². The normalized spacial score (nSPS) is 10.8. The molecule has 0 unspecified atom stereocenters. The third-order valence-corrected chi connectivity index (χ3v) is 4.82. The van der Waals surface area contributed by atoms with Crippen molar-refractivity contribution < 1.29 is 23.8 Å². The standard InChI is InChI=1S/C22H23FN4O5/c1-3-6-25-21(30)18-20(29)19-15(27(2)22(18)31)8-12(10-26-19)7-13-4-5-14(23)9-16(13)32-11-17(24)28/h4-5,8-10,29H,3,6-7,11H2,1-2H3,(H2,24,28)(H,25,30). The third-order valence-electron chi connectivity index (χ3n) is 4.82. The summed E-state index contributed by atoms with van der Waals surface area (Å²) in [7, 11) is 1.48. The van der Waals surface area contributed by atoms with E-state index in [1.54, 1.807) is 6.07 Å². The first kappa shape index (κ1) is 22.7. The van der Waals surface area contributed by atoms with Gasteiger partial charge in [-0.1, -0.05) is 13.0 Å². The molecule has 0 atom stereocenters. The Kier molecular flexibility index (Phi) is 6.72. The number of primary amides is 1. The van der Waals surface area contributed by atoms with Gasteiger partial charge in [-0.15, -0.1) is 0 Å². The number of nitrogens with two attached hydrogens (primary N) is 1. The Morgan fingerprint density at radius 1 is 1.31 bits per heavy atom. The number of aromatic nitrogens is 2. The Hall–Kier alpha value is -3.95. The number of rotatable bonds is 8. The molecule has 0 aliphatic heterocycles. The largest absolute Gasteiger partial charge is 0.505 e. The van der Waals surface area contributed by atoms with Crippen molar-refractivity contribution in [3.63, 3.8) is 0 Å². The summed E-state index contributed by atoms with van der Waals surface area (Å²) in [6.07, 6.45) is 2.39. The lowest BCUT2D eigenvalue weighted by molar-refractivity contribution is -0.119. The zero-order chi connectivity index (χ0) is 23.4. The smallest absolute Gasteiger partial charge is 0.267 e. The summed E-state index contributed by atoms with van der Waals surface area (Å²) in [6.45, 7) is 1.83. The third kappa shape index (κ3) is 4.69. The van der Waals surface area contributed by atoms with Crippen LogP contribution in [0.5, 0.6) is 11.5 Å². The SMILES string of the molecule is CCCNC(=O)c1c(O)c2ncc(Cc3ccc(F)cc3OCC(N)=O)cc2n(C)c1=O. The molecule has 2 amide bonds. The van der Waals surface area contributed by atoms with E-state index in [2.05, 4.69) is 10.3 Å². The number of ether oxygens (including phenoxy) is 1. The average Bonchev–Trinajstić information content (AvgIpc) is 2.76. The second-order valence-corrected chi connectivity index (χ2v) is 7.24. The maximum Gasteiger partial charge on any atom is 0.267 e. The lowest BCUT2D eigenvalue weighted by Gasteiger charge is -2.13. The fraction of sp³-hybridized carbons (Fsp3) is 0.273. The van der Waals surface area contributed by atoms with Crippen LogP contribution in [0, 0.1) is 5.82 Å². The van der Waals surface area contributed by atoms with Crippen molar-refractivity contribution in [2.75, 3.05) is 13.2 Å². The number of aromatic hydroxyl groups is 1. The number of nitrogens with one attached hydrogen (secondary N) is 1. The van der Waals surface area contributed by atoms with Crippen molar-refractivity contribution in [3.05, 3.63) is 63.3 Å². The maximum atomic E-state index is 13.6. The van der Waals surface area contributed by atoms with Gasteiger partial charge < -0.3 is 25.5 Å². The van der Waals surface area contributed by atoms with Crippen LogP contribution in [-0.2, 0) is 18.3 Å². The molecule has 0 aliphatic rings. The minimum Gasteiger partial charge on any atom is -0.505 e. The summed E-state index contributed by atoms with van der Waals surface area (Å²) in [5.74, 6) is -2.23. The first-order valence-electron chi connectivity index (χ1n) is 9.91. The molecule has 168 valence electrons. The van der Waals surface area contributed by atoms with Gasteiger partial charge in [-0.25, -0.2) is 4.39 Å². The highest BCUT2D eigenvalue weighted by atomic mass is 19.1. The van der Waals surface area contributed by atoms with Crippen LogP contribution in [-0.4, -0.2) is 39.6 Å². The number of hydrogen-bond donors (Lipinski definition) is 3. The molecular formula is C22H23FN4O5. The van der Waals surface area contributed by atoms with Crippen LogP contribution in [0.3, 0.4) is 0 Å². The van der Waals surface area contributed by atoms with E-state index < -0.39 is 35.5 Å². The number of benzene rings is 1. The minimum atomic E-state index is -0.697. The molecular weight excluding hydrogens is 419 g/mol. The summed E-state index contributed by atoms with van der Waals surface area (Å²) in [4.78, 5) is 40.3. The van der Waals surface area contributed by atoms with E-state index in [9.17, 15) is 23.9 Å². The van der Waals surface area contributed by atoms with Crippen LogP contribution in [0.2, 0.25) is 0 Å². The number of nitrogens with zero attached hydrogens (tertiary/aromatic N) is 2. The van der Waals surface area contributed by atoms with Gasteiger partial charge >= 0.3 is 0 Å². The average molecular weight is 442 g/mol. The predicted molar refractivity (Wildman–Crippen MR) is 115 cm³/mol. The van der Waals surface area contributed by atoms with Gasteiger partial charge in [0.25, 0.3) is 17.4 Å². The van der Waals surface area contributed by atoms with Crippen LogP contribution in [0.15, 0.2) is 35.3 Å². The summed E-state index contributed by atoms with van der Waals surface area (Å²) in [6, 6.07) is 5.55. The summed E-state index contributed by atoms with van der Waals surface area (Å²) >= 11 is 0. The van der Waals surface area contributed by atoms with Crippen LogP contribution in [0.4, 0.5) is 4.39 Å². The highest BCUT2D eigenvalue weighted by Gasteiger charge is 2.22. The van der Waals surface area contributed by atoms with Gasteiger partial charge in [-0.3, -0.25) is 19.4 Å². The lowest BCUT2D eigenvalue weighted by atomic mass is 10.0. The van der Waals surface area contributed by atoms with E-state index in [0.29, 0.717) is 29.6 Å². The summed E-state index contributed by atoms with van der Waals surface area (Å²) in [5.41, 5.74) is 5.69. The van der Waals surface area contributed by atoms with Crippen molar-refractivity contribution in [2.45, 2.75) is 19.8 Å². The molecule has 10 heteroatoms. The lowest BCUT2D eigenvalue weighted by Crippen LogP contribution is -2.33. The van der Waals surface area contributed by atoms with Crippen molar-refractivity contribution in [2.24, 2.45) is 12.8 Å². The van der Waals surface area contributed by atoms with E-state index >= 15 is 0 Å². The number of hydrogen-bond acceptors (Lipinski definition) is 6. The topological polar surface area (TPSA) is 137 Å². The number of halogens is 1. The number of pyridine rings is 2. The summed E-state index contributed by atoms with van der Waals surface area (Å²) < 4.78 is 20.2. The molecule has 0 aliphatic carbocycles. The molecule has 9 nitrogen and oxygen atoms in total. The molecule has 32 heavy (non-hydrogen) atoms. The van der Waals surface area contributed by atoms with Crippen LogP contribution >= 0.6 is 0 Å². The maximum absolute atomic E-state index is 13.6. The Morgan fingerprint density at radius 2 is 2.06 bits per heavy atom. The van der Waals surface area contributed by atoms with E-state index in [4.69, 9.17) is 10.5 Å². The molecule has 2 aromatic heterocycles. The first-order valence-corrected chi connectivity index (χ1v) is 9.91. The number of carbonyl (C=O) groups excluding carboxylic acids is 2. The fourth-order valence-corrected chi connectivity index (χ4v) is 3.24. The molecule has 0 radical (unpaired) electrons. The summed E-state index contributed by atoms with van der Waals surface area (Å²) in [5, 5.41) is 13.1. The Morgan fingerprint density at radius 3 is 2.75 bits per heavy atom. The minimum absolute atomic E-state index is 0.0989. The molecule has 4 N–H and O–H groups in total. The molecule has 0 spiro atoms. The van der Waals surface area contributed by atoms with Crippen LogP contribution in [0.1, 0.15) is 34.8 Å². The van der Waals surface area contributed by atoms with Crippen molar-refractivity contribution in [1.82, 2.24) is 14.9 Å². The van der Waals surface area contributed by atoms with Crippen LogP contribution < -0.4 is 21.3 Å². The molecule has 0 fully saturated rings.